The summed E-state index contributed by atoms with van der Waals surface area (Å²) < 4.78 is 6.06. The van der Waals surface area contributed by atoms with E-state index >= 15 is 0 Å². The first-order valence-corrected chi connectivity index (χ1v) is 10.9. The molecule has 31 heavy (non-hydrogen) atoms. The van der Waals surface area contributed by atoms with E-state index in [1.54, 1.807) is 12.1 Å². The molecule has 0 unspecified atom stereocenters. The van der Waals surface area contributed by atoms with Crippen LogP contribution in [0.25, 0.3) is 0 Å². The smallest absolute Gasteiger partial charge is 0.319 e. The zero-order valence-corrected chi connectivity index (χ0v) is 17.6. The van der Waals surface area contributed by atoms with Crippen LogP contribution in [0.5, 0.6) is 0 Å². The number of ether oxygens (including phenoxy) is 1. The number of benzene rings is 1. The van der Waals surface area contributed by atoms with Crippen LogP contribution in [0.2, 0.25) is 0 Å². The largest absolute Gasteiger partial charge is 0.481 e. The van der Waals surface area contributed by atoms with Gasteiger partial charge in [0.15, 0.2) is 0 Å². The van der Waals surface area contributed by atoms with Crippen molar-refractivity contribution in [2.24, 2.45) is 11.8 Å². The SMILES string of the molecule is O=C(O)CCC/C=C\C[C@@H]1[C@H](CNC(=O)CNC(=O)Nc2ccccc2)[C@@H]2CC[C@H]1O2. The van der Waals surface area contributed by atoms with E-state index < -0.39 is 12.0 Å². The molecule has 2 aliphatic heterocycles. The summed E-state index contributed by atoms with van der Waals surface area (Å²) >= 11 is 0. The summed E-state index contributed by atoms with van der Waals surface area (Å²) in [7, 11) is 0. The van der Waals surface area contributed by atoms with Gasteiger partial charge in [0.25, 0.3) is 0 Å². The third-order valence-corrected chi connectivity index (χ3v) is 5.90. The fourth-order valence-corrected chi connectivity index (χ4v) is 4.37. The van der Waals surface area contributed by atoms with Crippen molar-refractivity contribution < 1.29 is 24.2 Å². The second-order valence-electron chi connectivity index (χ2n) is 8.09. The van der Waals surface area contributed by atoms with E-state index in [0.717, 1.165) is 25.7 Å². The maximum absolute atomic E-state index is 12.2. The normalized spacial score (nSPS) is 24.3. The first kappa shape index (κ1) is 22.8. The third kappa shape index (κ3) is 7.10. The molecule has 8 nitrogen and oxygen atoms in total. The summed E-state index contributed by atoms with van der Waals surface area (Å²) in [6, 6.07) is 8.63. The number of carbonyl (C=O) groups is 3. The number of allylic oxidation sites excluding steroid dienone is 2. The number of carboxylic acids is 1. The van der Waals surface area contributed by atoms with E-state index in [9.17, 15) is 14.4 Å². The molecule has 0 aromatic heterocycles. The van der Waals surface area contributed by atoms with Crippen LogP contribution in [-0.4, -0.2) is 48.3 Å². The maximum Gasteiger partial charge on any atom is 0.319 e. The zero-order valence-electron chi connectivity index (χ0n) is 17.6. The van der Waals surface area contributed by atoms with Gasteiger partial charge in [0.1, 0.15) is 0 Å². The molecule has 0 saturated carbocycles. The van der Waals surface area contributed by atoms with Crippen LogP contribution < -0.4 is 16.0 Å². The van der Waals surface area contributed by atoms with E-state index in [4.69, 9.17) is 9.84 Å². The summed E-state index contributed by atoms with van der Waals surface area (Å²) in [4.78, 5) is 34.7. The second-order valence-corrected chi connectivity index (χ2v) is 8.09. The highest BCUT2D eigenvalue weighted by molar-refractivity contribution is 5.92. The fraction of sp³-hybridized carbons (Fsp3) is 0.522. The average molecular weight is 430 g/mol. The quantitative estimate of drug-likeness (QED) is 0.319. The van der Waals surface area contributed by atoms with Gasteiger partial charge in [-0.05, 0) is 50.2 Å². The molecule has 2 saturated heterocycles. The minimum Gasteiger partial charge on any atom is -0.481 e. The zero-order chi connectivity index (χ0) is 22.1. The summed E-state index contributed by atoms with van der Waals surface area (Å²) in [5.74, 6) is -0.389. The monoisotopic (exact) mass is 429 g/mol. The number of amides is 3. The van der Waals surface area contributed by atoms with Crippen molar-refractivity contribution in [1.29, 1.82) is 0 Å². The Morgan fingerprint density at radius 2 is 1.77 bits per heavy atom. The van der Waals surface area contributed by atoms with Gasteiger partial charge in [-0.15, -0.1) is 0 Å². The molecule has 3 amide bonds. The summed E-state index contributed by atoms with van der Waals surface area (Å²) in [6.45, 7) is 0.438. The number of carbonyl (C=O) groups excluding carboxylic acids is 2. The van der Waals surface area contributed by atoms with Gasteiger partial charge in [-0.2, -0.15) is 0 Å². The van der Waals surface area contributed by atoms with Crippen LogP contribution in [-0.2, 0) is 14.3 Å². The number of nitrogens with one attached hydrogen (secondary N) is 3. The number of carboxylic acid groups (broad SMARTS) is 1. The summed E-state index contributed by atoms with van der Waals surface area (Å²) in [5.41, 5.74) is 0.665. The van der Waals surface area contributed by atoms with Gasteiger partial charge in [0.2, 0.25) is 5.91 Å². The Bertz CT molecular complexity index is 783. The molecule has 8 heteroatoms. The Kier molecular flexibility index (Phi) is 8.46. The molecule has 0 spiro atoms. The van der Waals surface area contributed by atoms with Crippen molar-refractivity contribution in [3.05, 3.63) is 42.5 Å². The van der Waals surface area contributed by atoms with Crippen LogP contribution in [0, 0.1) is 11.8 Å². The molecule has 0 radical (unpaired) electrons. The molecule has 168 valence electrons. The van der Waals surface area contributed by atoms with Gasteiger partial charge in [-0.3, -0.25) is 9.59 Å². The van der Waals surface area contributed by atoms with Crippen molar-refractivity contribution in [3.63, 3.8) is 0 Å². The number of hydrogen-bond donors (Lipinski definition) is 4. The number of anilines is 1. The lowest BCUT2D eigenvalue weighted by Crippen LogP contribution is -2.43. The van der Waals surface area contributed by atoms with Gasteiger partial charge >= 0.3 is 12.0 Å². The van der Waals surface area contributed by atoms with Gasteiger partial charge in [0.05, 0.1) is 18.8 Å². The average Bonchev–Trinajstić information content (AvgIpc) is 3.35. The Morgan fingerprint density at radius 1 is 1.03 bits per heavy atom. The molecule has 2 bridgehead atoms. The Hall–Kier alpha value is -2.87. The lowest BCUT2D eigenvalue weighted by Gasteiger charge is -2.27. The van der Waals surface area contributed by atoms with Gasteiger partial charge in [-0.25, -0.2) is 4.79 Å². The fourth-order valence-electron chi connectivity index (χ4n) is 4.37. The van der Waals surface area contributed by atoms with Crippen molar-refractivity contribution in [2.75, 3.05) is 18.4 Å². The highest BCUT2D eigenvalue weighted by Crippen LogP contribution is 2.44. The molecule has 0 aliphatic carbocycles. The predicted molar refractivity (Wildman–Crippen MR) is 117 cm³/mol. The molecular formula is C23H31N3O5. The van der Waals surface area contributed by atoms with Crippen LogP contribution >= 0.6 is 0 Å². The number of unbranched alkanes of at least 4 members (excludes halogenated alkanes) is 1. The number of fused-ring (bicyclic) bond motifs is 2. The van der Waals surface area contributed by atoms with E-state index in [0.29, 0.717) is 24.6 Å². The minimum absolute atomic E-state index is 0.0888. The van der Waals surface area contributed by atoms with Crippen LogP contribution in [0.4, 0.5) is 10.5 Å². The highest BCUT2D eigenvalue weighted by atomic mass is 16.5. The van der Waals surface area contributed by atoms with Crippen LogP contribution in [0.1, 0.15) is 38.5 Å². The molecule has 4 N–H and O–H groups in total. The topological polar surface area (TPSA) is 117 Å². The van der Waals surface area contributed by atoms with Crippen molar-refractivity contribution >= 4 is 23.6 Å². The van der Waals surface area contributed by atoms with Gasteiger partial charge < -0.3 is 25.8 Å². The first-order chi connectivity index (χ1) is 15.0. The number of urea groups is 1. The second kappa shape index (κ2) is 11.5. The maximum atomic E-state index is 12.2. The molecule has 2 fully saturated rings. The Morgan fingerprint density at radius 3 is 2.52 bits per heavy atom. The third-order valence-electron chi connectivity index (χ3n) is 5.90. The number of aliphatic carboxylic acids is 1. The summed E-state index contributed by atoms with van der Waals surface area (Å²) in [5, 5.41) is 16.9. The molecular weight excluding hydrogens is 398 g/mol. The van der Waals surface area contributed by atoms with Crippen LogP contribution in [0.3, 0.4) is 0 Å². The lowest BCUT2D eigenvalue weighted by atomic mass is 9.77. The van der Waals surface area contributed by atoms with E-state index in [-0.39, 0.29) is 37.0 Å². The molecule has 3 rings (SSSR count). The Balaban J connectivity index is 1.37. The molecule has 2 aliphatic rings. The molecule has 4 atom stereocenters. The predicted octanol–water partition coefficient (Wildman–Crippen LogP) is 2.92. The first-order valence-electron chi connectivity index (χ1n) is 10.9. The molecule has 2 heterocycles. The highest BCUT2D eigenvalue weighted by Gasteiger charge is 2.47. The summed E-state index contributed by atoms with van der Waals surface area (Å²) in [6.07, 6.45) is 9.07. The van der Waals surface area contributed by atoms with Crippen molar-refractivity contribution in [3.8, 4) is 0 Å². The Labute approximate surface area is 182 Å². The van der Waals surface area contributed by atoms with Gasteiger partial charge in [-0.1, -0.05) is 30.4 Å². The van der Waals surface area contributed by atoms with E-state index in [2.05, 4.69) is 22.0 Å². The van der Waals surface area contributed by atoms with Crippen molar-refractivity contribution in [1.82, 2.24) is 10.6 Å². The van der Waals surface area contributed by atoms with Crippen molar-refractivity contribution in [2.45, 2.75) is 50.7 Å². The minimum atomic E-state index is -0.766. The van der Waals surface area contributed by atoms with Crippen LogP contribution in [0.15, 0.2) is 42.5 Å². The standard InChI is InChI=1S/C23H31N3O5/c27-21(15-25-23(30)26-16-8-4-3-5-9-16)24-14-18-17(19-12-13-20(18)31-19)10-6-1-2-7-11-22(28)29/h1,3-6,8-9,17-20H,2,7,10-15H2,(H,24,27)(H,28,29)(H2,25,26,30)/b6-1-/t17-,18+,19-,20+/m1/s1. The number of rotatable bonds is 11. The lowest BCUT2D eigenvalue weighted by molar-refractivity contribution is -0.137. The molecule has 1 aromatic carbocycles. The van der Waals surface area contributed by atoms with Gasteiger partial charge in [0, 0.05) is 24.6 Å². The number of hydrogen-bond acceptors (Lipinski definition) is 4. The number of para-hydroxylation sites is 1. The van der Waals surface area contributed by atoms with E-state index in [1.807, 2.05) is 24.3 Å². The van der Waals surface area contributed by atoms with E-state index in [1.165, 1.54) is 0 Å². The molecule has 1 aromatic rings.